The van der Waals surface area contributed by atoms with E-state index in [1.165, 1.54) is 0 Å². The van der Waals surface area contributed by atoms with Crippen molar-refractivity contribution in [2.45, 2.75) is 25.3 Å². The maximum Gasteiger partial charge on any atom is 0.226 e. The molecular weight excluding hydrogens is 240 g/mol. The number of para-hydroxylation sites is 2. The Balaban J connectivity index is 1.80. The van der Waals surface area contributed by atoms with E-state index in [0.717, 1.165) is 12.8 Å². The summed E-state index contributed by atoms with van der Waals surface area (Å²) in [7, 11) is 0. The highest BCUT2D eigenvalue weighted by atomic mass is 16.5. The number of ether oxygens (including phenoxy) is 1. The topological polar surface area (TPSA) is 55.6 Å². The molecule has 1 aromatic carbocycles. The molecule has 0 radical (unpaired) electrons. The fraction of sp³-hybridized carbons (Fsp3) is 0.400. The third-order valence-corrected chi connectivity index (χ3v) is 3.13. The van der Waals surface area contributed by atoms with Gasteiger partial charge in [0.15, 0.2) is 0 Å². The fourth-order valence-corrected chi connectivity index (χ4v) is 1.98. The summed E-state index contributed by atoms with van der Waals surface area (Å²) in [6.07, 6.45) is 4.35. The monoisotopic (exact) mass is 260 g/mol. The lowest BCUT2D eigenvalue weighted by molar-refractivity contribution is -0.131. The number of nitrogens with zero attached hydrogens (tertiary/aromatic N) is 1. The minimum absolute atomic E-state index is 0.122. The predicted octanol–water partition coefficient (Wildman–Crippen LogP) is 2.21. The summed E-state index contributed by atoms with van der Waals surface area (Å²) in [5.74, 6) is 0.758. The van der Waals surface area contributed by atoms with E-state index in [9.17, 15) is 4.79 Å². The molecule has 1 amide bonds. The molecule has 1 aliphatic rings. The van der Waals surface area contributed by atoms with Gasteiger partial charge in [-0.2, -0.15) is 0 Å². The van der Waals surface area contributed by atoms with Gasteiger partial charge in [0.1, 0.15) is 5.75 Å². The smallest absolute Gasteiger partial charge is 0.226 e. The van der Waals surface area contributed by atoms with Crippen molar-refractivity contribution in [1.82, 2.24) is 4.90 Å². The van der Waals surface area contributed by atoms with Crippen LogP contribution in [0.15, 0.2) is 36.9 Å². The number of carbonyl (C=O) groups excluding carboxylic acids is 1. The summed E-state index contributed by atoms with van der Waals surface area (Å²) in [5.41, 5.74) is 6.37. The maximum atomic E-state index is 12.1. The van der Waals surface area contributed by atoms with Crippen molar-refractivity contribution in [2.24, 2.45) is 0 Å². The number of hydrogen-bond acceptors (Lipinski definition) is 3. The van der Waals surface area contributed by atoms with Gasteiger partial charge in [-0.15, -0.1) is 6.58 Å². The highest BCUT2D eigenvalue weighted by Gasteiger charge is 2.31. The number of benzene rings is 1. The highest BCUT2D eigenvalue weighted by molar-refractivity contribution is 5.77. The average molecular weight is 260 g/mol. The van der Waals surface area contributed by atoms with Crippen LogP contribution in [0.5, 0.6) is 5.75 Å². The standard InChI is InChI=1S/C15H20N2O2/c1-2-10-17(12-7-8-12)15(18)9-11-19-14-6-4-3-5-13(14)16/h2-6,12H,1,7-11,16H2. The number of nitrogens with two attached hydrogens (primary N) is 1. The van der Waals surface area contributed by atoms with Gasteiger partial charge >= 0.3 is 0 Å². The Morgan fingerprint density at radius 2 is 2.21 bits per heavy atom. The van der Waals surface area contributed by atoms with Gasteiger partial charge in [0, 0.05) is 12.6 Å². The summed E-state index contributed by atoms with van der Waals surface area (Å²) in [4.78, 5) is 13.9. The van der Waals surface area contributed by atoms with Crippen LogP contribution in [0.4, 0.5) is 5.69 Å². The molecule has 0 heterocycles. The van der Waals surface area contributed by atoms with Gasteiger partial charge in [-0.05, 0) is 25.0 Å². The summed E-state index contributed by atoms with van der Waals surface area (Å²) >= 11 is 0. The average Bonchev–Trinajstić information content (AvgIpc) is 3.22. The molecule has 19 heavy (non-hydrogen) atoms. The van der Waals surface area contributed by atoms with Crippen molar-refractivity contribution in [2.75, 3.05) is 18.9 Å². The van der Waals surface area contributed by atoms with Gasteiger partial charge in [-0.25, -0.2) is 0 Å². The quantitative estimate of drug-likeness (QED) is 0.604. The van der Waals surface area contributed by atoms with E-state index >= 15 is 0 Å². The first-order chi connectivity index (χ1) is 9.22. The normalized spacial score (nSPS) is 13.9. The summed E-state index contributed by atoms with van der Waals surface area (Å²) in [6.45, 7) is 4.67. The Hall–Kier alpha value is -1.97. The zero-order valence-electron chi connectivity index (χ0n) is 11.0. The molecule has 0 bridgehead atoms. The Morgan fingerprint density at radius 1 is 1.47 bits per heavy atom. The summed E-state index contributed by atoms with van der Waals surface area (Å²) < 4.78 is 5.54. The van der Waals surface area contributed by atoms with E-state index in [0.29, 0.717) is 37.1 Å². The van der Waals surface area contributed by atoms with E-state index < -0.39 is 0 Å². The zero-order valence-corrected chi connectivity index (χ0v) is 11.0. The lowest BCUT2D eigenvalue weighted by atomic mass is 10.3. The molecule has 1 fully saturated rings. The SMILES string of the molecule is C=CCN(C(=O)CCOc1ccccc1N)C1CC1. The Bertz CT molecular complexity index is 455. The molecule has 0 saturated heterocycles. The van der Waals surface area contributed by atoms with Crippen LogP contribution in [0.25, 0.3) is 0 Å². The Morgan fingerprint density at radius 3 is 2.84 bits per heavy atom. The first-order valence-electron chi connectivity index (χ1n) is 6.60. The molecule has 0 atom stereocenters. The number of hydrogen-bond donors (Lipinski definition) is 1. The molecule has 4 heteroatoms. The number of nitrogen functional groups attached to an aromatic ring is 1. The second-order valence-corrected chi connectivity index (χ2v) is 4.70. The van der Waals surface area contributed by atoms with E-state index in [-0.39, 0.29) is 5.91 Å². The maximum absolute atomic E-state index is 12.1. The molecule has 2 rings (SSSR count). The number of carbonyl (C=O) groups is 1. The van der Waals surface area contributed by atoms with Gasteiger partial charge in [0.25, 0.3) is 0 Å². The van der Waals surface area contributed by atoms with Gasteiger partial charge < -0.3 is 15.4 Å². The third kappa shape index (κ3) is 3.74. The molecule has 0 unspecified atom stereocenters. The Labute approximate surface area is 113 Å². The van der Waals surface area contributed by atoms with E-state index in [1.807, 2.05) is 23.1 Å². The van der Waals surface area contributed by atoms with Crippen molar-refractivity contribution in [3.63, 3.8) is 0 Å². The number of amides is 1. The second-order valence-electron chi connectivity index (χ2n) is 4.70. The highest BCUT2D eigenvalue weighted by Crippen LogP contribution is 2.27. The van der Waals surface area contributed by atoms with Crippen LogP contribution < -0.4 is 10.5 Å². The molecule has 4 nitrogen and oxygen atoms in total. The van der Waals surface area contributed by atoms with E-state index in [4.69, 9.17) is 10.5 Å². The number of rotatable bonds is 7. The largest absolute Gasteiger partial charge is 0.491 e. The zero-order chi connectivity index (χ0) is 13.7. The van der Waals surface area contributed by atoms with Crippen LogP contribution in [-0.4, -0.2) is 30.0 Å². The molecule has 0 aromatic heterocycles. The Kier molecular flexibility index (Phi) is 4.44. The lowest BCUT2D eigenvalue weighted by Gasteiger charge is -2.20. The number of anilines is 1. The van der Waals surface area contributed by atoms with Gasteiger partial charge in [-0.3, -0.25) is 4.79 Å². The van der Waals surface area contributed by atoms with Crippen LogP contribution in [0.1, 0.15) is 19.3 Å². The van der Waals surface area contributed by atoms with E-state index in [2.05, 4.69) is 6.58 Å². The fourth-order valence-electron chi connectivity index (χ4n) is 1.98. The molecule has 1 aromatic rings. The van der Waals surface area contributed by atoms with E-state index in [1.54, 1.807) is 12.1 Å². The summed E-state index contributed by atoms with van der Waals surface area (Å²) in [5, 5.41) is 0. The predicted molar refractivity (Wildman–Crippen MR) is 75.9 cm³/mol. The molecule has 1 aliphatic carbocycles. The van der Waals surface area contributed by atoms with Crippen molar-refractivity contribution in [3.8, 4) is 5.75 Å². The minimum Gasteiger partial charge on any atom is -0.491 e. The van der Waals surface area contributed by atoms with Crippen molar-refractivity contribution in [1.29, 1.82) is 0 Å². The van der Waals surface area contributed by atoms with Crippen molar-refractivity contribution >= 4 is 11.6 Å². The molecule has 102 valence electrons. The van der Waals surface area contributed by atoms with Gasteiger partial charge in [0.05, 0.1) is 18.7 Å². The van der Waals surface area contributed by atoms with Crippen molar-refractivity contribution in [3.05, 3.63) is 36.9 Å². The molecule has 1 saturated carbocycles. The van der Waals surface area contributed by atoms with Gasteiger partial charge in [-0.1, -0.05) is 18.2 Å². The van der Waals surface area contributed by atoms with Crippen LogP contribution in [0.3, 0.4) is 0 Å². The van der Waals surface area contributed by atoms with Gasteiger partial charge in [0.2, 0.25) is 5.91 Å². The van der Waals surface area contributed by atoms with Crippen LogP contribution in [0.2, 0.25) is 0 Å². The lowest BCUT2D eigenvalue weighted by Crippen LogP contribution is -2.34. The van der Waals surface area contributed by atoms with Crippen LogP contribution >= 0.6 is 0 Å². The second kappa shape index (κ2) is 6.27. The third-order valence-electron chi connectivity index (χ3n) is 3.13. The first-order valence-corrected chi connectivity index (χ1v) is 6.60. The van der Waals surface area contributed by atoms with Crippen LogP contribution in [-0.2, 0) is 4.79 Å². The summed E-state index contributed by atoms with van der Waals surface area (Å²) in [6, 6.07) is 7.72. The first kappa shape index (κ1) is 13.5. The minimum atomic E-state index is 0.122. The van der Waals surface area contributed by atoms with Crippen molar-refractivity contribution < 1.29 is 9.53 Å². The molecular formula is C15H20N2O2. The molecule has 2 N–H and O–H groups in total. The van der Waals surface area contributed by atoms with Crippen LogP contribution in [0, 0.1) is 0 Å². The molecule has 0 spiro atoms. The molecule has 0 aliphatic heterocycles.